The monoisotopic (exact) mass is 137 g/mol. The largest absolute Gasteiger partial charge is 0.193 e. The lowest BCUT2D eigenvalue weighted by Gasteiger charge is -1.64. The zero-order valence-corrected chi connectivity index (χ0v) is 4.54. The molecule has 0 aliphatic rings. The molecule has 0 bridgehead atoms. The van der Waals surface area contributed by atoms with Gasteiger partial charge in [-0.2, -0.15) is 5.26 Å². The van der Waals surface area contributed by atoms with Crippen LogP contribution in [-0.4, -0.2) is 11.0 Å². The van der Waals surface area contributed by atoms with E-state index in [1.807, 2.05) is 6.07 Å². The number of rotatable bonds is 2. The van der Waals surface area contributed by atoms with Crippen molar-refractivity contribution in [1.29, 1.82) is 5.26 Å². The molecular weight excluding hydrogens is 126 g/mol. The first-order valence-corrected chi connectivity index (χ1v) is 2.25. The summed E-state index contributed by atoms with van der Waals surface area (Å²) in [6.07, 6.45) is 8.22. The van der Waals surface area contributed by atoms with Gasteiger partial charge in [0, 0.05) is 6.08 Å². The molecule has 0 atom stereocenters. The molecule has 0 saturated heterocycles. The van der Waals surface area contributed by atoms with Gasteiger partial charge in [-0.3, -0.25) is 0 Å². The molecule has 0 aliphatic heterocycles. The second kappa shape index (κ2) is 10.0. The Bertz CT molecular complexity index is 151. The highest BCUT2D eigenvalue weighted by Gasteiger charge is 1.56. The molecule has 0 aromatic rings. The van der Waals surface area contributed by atoms with E-state index in [4.69, 9.17) is 5.26 Å². The summed E-state index contributed by atoms with van der Waals surface area (Å²) in [5.74, 6) is 0. The maximum atomic E-state index is 7.97. The maximum Gasteiger partial charge on any atom is 0.0912 e. The van der Waals surface area contributed by atoms with Crippen molar-refractivity contribution in [1.82, 2.24) is 0 Å². The Kier molecular flexibility index (Phi) is 12.1. The van der Waals surface area contributed by atoms with Gasteiger partial charge < -0.3 is 0 Å². The van der Waals surface area contributed by atoms with Crippen LogP contribution in [0.15, 0.2) is 37.0 Å². The predicted octanol–water partition coefficient (Wildman–Crippen LogP) is 0.357. The van der Waals surface area contributed by atoms with E-state index in [0.717, 1.165) is 0 Å². The van der Waals surface area contributed by atoms with Crippen LogP contribution in [0.4, 0.5) is 0 Å². The van der Waals surface area contributed by atoms with Gasteiger partial charge in [0.1, 0.15) is 0 Å². The first-order valence-electron chi connectivity index (χ1n) is 2.25. The molecule has 0 unspecified atom stereocenters. The number of hydrogen-bond donors (Lipinski definition) is 0. The topological polar surface area (TPSA) is 23.8 Å². The highest BCUT2D eigenvalue weighted by Crippen LogP contribution is 1.74. The molecule has 0 heterocycles. The number of nitriles is 1. The zero-order valence-electron chi connectivity index (χ0n) is 4.54. The molecular formula is C7H11NSi. The quantitative estimate of drug-likeness (QED) is 0.306. The summed E-state index contributed by atoms with van der Waals surface area (Å²) in [4.78, 5) is 0. The Morgan fingerprint density at radius 1 is 1.22 bits per heavy atom. The van der Waals surface area contributed by atoms with E-state index in [2.05, 4.69) is 6.58 Å². The van der Waals surface area contributed by atoms with Crippen LogP contribution in [0.5, 0.6) is 0 Å². The van der Waals surface area contributed by atoms with E-state index >= 15 is 0 Å². The minimum Gasteiger partial charge on any atom is -0.193 e. The van der Waals surface area contributed by atoms with Gasteiger partial charge in [0.2, 0.25) is 0 Å². The summed E-state index contributed by atoms with van der Waals surface area (Å²) < 4.78 is 0. The van der Waals surface area contributed by atoms with E-state index in [1.54, 1.807) is 24.3 Å². The molecule has 0 saturated carbocycles. The fourth-order valence-electron chi connectivity index (χ4n) is 0.241. The van der Waals surface area contributed by atoms with Crippen molar-refractivity contribution in [2.24, 2.45) is 0 Å². The average molecular weight is 137 g/mol. The molecule has 0 N–H and O–H groups in total. The Hall–Kier alpha value is -1.07. The Labute approximate surface area is 60.0 Å². The van der Waals surface area contributed by atoms with Crippen molar-refractivity contribution in [3.63, 3.8) is 0 Å². The Morgan fingerprint density at radius 2 is 1.89 bits per heavy atom. The van der Waals surface area contributed by atoms with E-state index in [-0.39, 0.29) is 11.0 Å². The van der Waals surface area contributed by atoms with Crippen LogP contribution in [0.25, 0.3) is 0 Å². The van der Waals surface area contributed by atoms with E-state index in [9.17, 15) is 0 Å². The molecule has 0 aromatic heterocycles. The second-order valence-electron chi connectivity index (χ2n) is 1.11. The highest BCUT2D eigenvalue weighted by atomic mass is 28.1. The molecule has 0 rings (SSSR count). The summed E-state index contributed by atoms with van der Waals surface area (Å²) >= 11 is 0. The molecule has 0 spiro atoms. The van der Waals surface area contributed by atoms with Crippen LogP contribution in [-0.2, 0) is 0 Å². The van der Waals surface area contributed by atoms with Crippen LogP contribution in [0.1, 0.15) is 0 Å². The van der Waals surface area contributed by atoms with Gasteiger partial charge in [-0.1, -0.05) is 30.9 Å². The maximum absolute atomic E-state index is 7.97. The molecule has 0 aliphatic carbocycles. The lowest BCUT2D eigenvalue weighted by molar-refractivity contribution is 1.53. The third-order valence-corrected chi connectivity index (χ3v) is 0.529. The number of nitrogens with zero attached hydrogens (tertiary/aromatic N) is 1. The van der Waals surface area contributed by atoms with Crippen LogP contribution in [0.3, 0.4) is 0 Å². The van der Waals surface area contributed by atoms with Gasteiger partial charge in [-0.15, -0.1) is 0 Å². The smallest absolute Gasteiger partial charge is 0.0912 e. The van der Waals surface area contributed by atoms with Gasteiger partial charge >= 0.3 is 0 Å². The van der Waals surface area contributed by atoms with E-state index in [1.165, 1.54) is 6.08 Å². The number of allylic oxidation sites excluding steroid dienone is 5. The highest BCUT2D eigenvalue weighted by molar-refractivity contribution is 5.75. The predicted molar refractivity (Wildman–Crippen MR) is 45.4 cm³/mol. The normalized spacial score (nSPS) is 8.78. The van der Waals surface area contributed by atoms with E-state index < -0.39 is 0 Å². The van der Waals surface area contributed by atoms with Crippen LogP contribution in [0.2, 0.25) is 0 Å². The van der Waals surface area contributed by atoms with Crippen LogP contribution >= 0.6 is 0 Å². The summed E-state index contributed by atoms with van der Waals surface area (Å²) in [6.45, 7) is 3.45. The summed E-state index contributed by atoms with van der Waals surface area (Å²) in [7, 11) is 0. The molecule has 1 nitrogen and oxygen atoms in total. The lowest BCUT2D eigenvalue weighted by atomic mass is 10.4. The fourth-order valence-corrected chi connectivity index (χ4v) is 0.241. The first-order chi connectivity index (χ1) is 3.91. The van der Waals surface area contributed by atoms with E-state index in [0.29, 0.717) is 0 Å². The molecule has 0 aromatic carbocycles. The van der Waals surface area contributed by atoms with Gasteiger partial charge in [-0.05, 0) is 11.0 Å². The summed E-state index contributed by atoms with van der Waals surface area (Å²) in [5.41, 5.74) is 0. The molecule has 0 radical (unpaired) electrons. The Balaban J connectivity index is 0. The minimum atomic E-state index is 0. The second-order valence-corrected chi connectivity index (χ2v) is 1.11. The first kappa shape index (κ1) is 10.8. The third kappa shape index (κ3) is 10.9. The van der Waals surface area contributed by atoms with Crippen molar-refractivity contribution in [2.45, 2.75) is 0 Å². The SMILES string of the molecule is C=CC=CC=CC#N.[SiH4]. The zero-order chi connectivity index (χ0) is 6.24. The fraction of sp³-hybridized carbons (Fsp3) is 0. The van der Waals surface area contributed by atoms with Gasteiger partial charge in [-0.25, -0.2) is 0 Å². The summed E-state index contributed by atoms with van der Waals surface area (Å²) in [5, 5.41) is 7.97. The molecule has 0 fully saturated rings. The molecule has 9 heavy (non-hydrogen) atoms. The van der Waals surface area contributed by atoms with Crippen molar-refractivity contribution in [3.05, 3.63) is 37.0 Å². The van der Waals surface area contributed by atoms with Crippen molar-refractivity contribution in [3.8, 4) is 6.07 Å². The molecule has 0 amide bonds. The van der Waals surface area contributed by atoms with Gasteiger partial charge in [0.25, 0.3) is 0 Å². The standard InChI is InChI=1S/C7H7N.H4Si/c1-2-3-4-5-6-7-8;/h2-6H,1H2;1H4. The number of hydrogen-bond acceptors (Lipinski definition) is 1. The van der Waals surface area contributed by atoms with Gasteiger partial charge in [0.15, 0.2) is 0 Å². The summed E-state index contributed by atoms with van der Waals surface area (Å²) in [6, 6.07) is 1.86. The molecule has 48 valence electrons. The molecule has 2 heteroatoms. The Morgan fingerprint density at radius 3 is 2.33 bits per heavy atom. The van der Waals surface area contributed by atoms with Crippen molar-refractivity contribution in [2.75, 3.05) is 0 Å². The van der Waals surface area contributed by atoms with Crippen LogP contribution in [0, 0.1) is 11.3 Å². The average Bonchev–Trinajstić information content (AvgIpc) is 1.81. The van der Waals surface area contributed by atoms with Crippen molar-refractivity contribution < 1.29 is 0 Å². The van der Waals surface area contributed by atoms with Crippen molar-refractivity contribution >= 4 is 11.0 Å². The van der Waals surface area contributed by atoms with Gasteiger partial charge in [0.05, 0.1) is 6.07 Å². The lowest BCUT2D eigenvalue weighted by Crippen LogP contribution is -1.45. The third-order valence-electron chi connectivity index (χ3n) is 0.529. The van der Waals surface area contributed by atoms with Crippen LogP contribution < -0.4 is 0 Å². The minimum absolute atomic E-state index is 0.